The predicted octanol–water partition coefficient (Wildman–Crippen LogP) is 2.44. The first-order valence-electron chi connectivity index (χ1n) is 11.2. The number of aryl methyl sites for hydroxylation is 1. The van der Waals surface area contributed by atoms with Crippen molar-refractivity contribution in [2.24, 2.45) is 0 Å². The Morgan fingerprint density at radius 2 is 2.09 bits per heavy atom. The molecule has 0 spiro atoms. The minimum absolute atomic E-state index is 0.202. The van der Waals surface area contributed by atoms with Crippen molar-refractivity contribution in [3.8, 4) is 11.4 Å². The van der Waals surface area contributed by atoms with Crippen LogP contribution in [0.3, 0.4) is 0 Å². The second-order valence-electron chi connectivity index (χ2n) is 8.17. The van der Waals surface area contributed by atoms with E-state index >= 15 is 0 Å². The van der Waals surface area contributed by atoms with Gasteiger partial charge in [-0.2, -0.15) is 0 Å². The lowest BCUT2D eigenvalue weighted by molar-refractivity contribution is 0.210. The maximum absolute atomic E-state index is 13.3. The molecule has 1 aromatic carbocycles. The van der Waals surface area contributed by atoms with Gasteiger partial charge in [-0.1, -0.05) is 6.07 Å². The molecule has 0 amide bonds. The van der Waals surface area contributed by atoms with E-state index in [1.54, 1.807) is 26.5 Å². The van der Waals surface area contributed by atoms with Crippen LogP contribution in [-0.2, 0) is 17.7 Å². The molecular formula is C24H27N7O3. The van der Waals surface area contributed by atoms with Gasteiger partial charge in [0.05, 0.1) is 30.3 Å². The fourth-order valence-electron chi connectivity index (χ4n) is 4.28. The summed E-state index contributed by atoms with van der Waals surface area (Å²) in [6.07, 6.45) is 4.28. The summed E-state index contributed by atoms with van der Waals surface area (Å²) < 4.78 is 12.4. The van der Waals surface area contributed by atoms with Gasteiger partial charge in [0.1, 0.15) is 17.4 Å². The molecule has 1 aliphatic heterocycles. The lowest BCUT2D eigenvalue weighted by Crippen LogP contribution is -2.33. The van der Waals surface area contributed by atoms with Gasteiger partial charge in [-0.05, 0) is 18.6 Å². The van der Waals surface area contributed by atoms with E-state index in [9.17, 15) is 4.79 Å². The zero-order valence-corrected chi connectivity index (χ0v) is 19.5. The van der Waals surface area contributed by atoms with Crippen LogP contribution >= 0.6 is 0 Å². The first-order valence-corrected chi connectivity index (χ1v) is 11.2. The van der Waals surface area contributed by atoms with E-state index in [0.717, 1.165) is 29.3 Å². The number of anilines is 2. The summed E-state index contributed by atoms with van der Waals surface area (Å²) >= 11 is 0. The number of aromatic nitrogens is 5. The molecule has 0 bridgehead atoms. The number of imidazole rings is 1. The van der Waals surface area contributed by atoms with E-state index < -0.39 is 0 Å². The largest absolute Gasteiger partial charge is 0.497 e. The Morgan fingerprint density at radius 1 is 1.21 bits per heavy atom. The fourth-order valence-corrected chi connectivity index (χ4v) is 4.28. The molecule has 0 saturated heterocycles. The number of ether oxygens (including phenoxy) is 2. The topological polar surface area (TPSA) is 110 Å². The number of H-pyrrole nitrogens is 1. The van der Waals surface area contributed by atoms with Gasteiger partial charge in [0.15, 0.2) is 0 Å². The maximum atomic E-state index is 13.3. The van der Waals surface area contributed by atoms with Crippen LogP contribution in [0.4, 0.5) is 11.8 Å². The zero-order chi connectivity index (χ0) is 23.7. The molecule has 10 heteroatoms. The number of hydrogen-bond donors (Lipinski definition) is 2. The lowest BCUT2D eigenvalue weighted by Gasteiger charge is -2.29. The van der Waals surface area contributed by atoms with E-state index in [-0.39, 0.29) is 5.56 Å². The van der Waals surface area contributed by atoms with Gasteiger partial charge in [0.2, 0.25) is 5.95 Å². The minimum Gasteiger partial charge on any atom is -0.497 e. The summed E-state index contributed by atoms with van der Waals surface area (Å²) in [5, 5.41) is 3.77. The number of methoxy groups -OCH3 is 2. The highest BCUT2D eigenvalue weighted by Crippen LogP contribution is 2.28. The average molecular weight is 462 g/mol. The standard InChI is InChI=1S/C24H27N7O3/c1-15-25-7-10-31(15)20-13-17(34-3)12-19-22(20)23(32)29-24(28-19)30-9-6-18-16(14-30)4-5-21(27-18)26-8-11-33-2/h4-5,7,10,12-13H,6,8-9,11,14H2,1-3H3,(H,26,27)(H,28,29,32). The Morgan fingerprint density at radius 3 is 2.85 bits per heavy atom. The molecule has 5 rings (SSSR count). The third-order valence-corrected chi connectivity index (χ3v) is 6.03. The van der Waals surface area contributed by atoms with Crippen molar-refractivity contribution in [1.82, 2.24) is 24.5 Å². The molecule has 0 radical (unpaired) electrons. The average Bonchev–Trinajstić information content (AvgIpc) is 3.28. The fraction of sp³-hybridized carbons (Fsp3) is 0.333. The zero-order valence-electron chi connectivity index (χ0n) is 19.5. The van der Waals surface area contributed by atoms with Crippen LogP contribution in [0.1, 0.15) is 17.1 Å². The van der Waals surface area contributed by atoms with Crippen LogP contribution in [0.2, 0.25) is 0 Å². The van der Waals surface area contributed by atoms with Gasteiger partial charge in [-0.15, -0.1) is 0 Å². The number of aromatic amines is 1. The third kappa shape index (κ3) is 4.08. The van der Waals surface area contributed by atoms with E-state index in [2.05, 4.69) is 26.3 Å². The number of hydrogen-bond acceptors (Lipinski definition) is 8. The van der Waals surface area contributed by atoms with Crippen molar-refractivity contribution in [1.29, 1.82) is 0 Å². The molecule has 0 aliphatic carbocycles. The Kier molecular flexibility index (Phi) is 5.89. The summed E-state index contributed by atoms with van der Waals surface area (Å²) in [5.41, 5.74) is 3.23. The molecule has 1 aliphatic rings. The van der Waals surface area contributed by atoms with Crippen molar-refractivity contribution < 1.29 is 9.47 Å². The summed E-state index contributed by atoms with van der Waals surface area (Å²) in [7, 11) is 3.28. The maximum Gasteiger partial charge on any atom is 0.262 e. The SMILES string of the molecule is COCCNc1ccc2c(n1)CCN(c1nc3cc(OC)cc(-n4ccnc4C)c3c(=O)[nH]1)C2. The smallest absolute Gasteiger partial charge is 0.262 e. The van der Waals surface area contributed by atoms with Gasteiger partial charge in [0.25, 0.3) is 5.56 Å². The number of nitrogens with zero attached hydrogens (tertiary/aromatic N) is 5. The Hall–Kier alpha value is -3.92. The number of nitrogens with one attached hydrogen (secondary N) is 2. The first-order chi connectivity index (χ1) is 16.6. The van der Waals surface area contributed by atoms with Crippen LogP contribution < -0.4 is 20.5 Å². The lowest BCUT2D eigenvalue weighted by atomic mass is 10.1. The van der Waals surface area contributed by atoms with Crippen LogP contribution in [-0.4, -0.2) is 58.4 Å². The van der Waals surface area contributed by atoms with Crippen molar-refractivity contribution in [2.75, 3.05) is 44.1 Å². The van der Waals surface area contributed by atoms with Gasteiger partial charge in [-0.25, -0.2) is 15.0 Å². The minimum atomic E-state index is -0.202. The van der Waals surface area contributed by atoms with Crippen molar-refractivity contribution in [3.05, 3.63) is 64.1 Å². The van der Waals surface area contributed by atoms with Gasteiger partial charge >= 0.3 is 0 Å². The number of benzene rings is 1. The van der Waals surface area contributed by atoms with Crippen molar-refractivity contribution >= 4 is 22.7 Å². The monoisotopic (exact) mass is 461 g/mol. The van der Waals surface area contributed by atoms with Crippen LogP contribution in [0.15, 0.2) is 41.5 Å². The van der Waals surface area contributed by atoms with Gasteiger partial charge < -0.3 is 24.3 Å². The second-order valence-corrected chi connectivity index (χ2v) is 8.17. The normalized spacial score (nSPS) is 13.2. The molecule has 34 heavy (non-hydrogen) atoms. The molecular weight excluding hydrogens is 434 g/mol. The molecule has 2 N–H and O–H groups in total. The summed E-state index contributed by atoms with van der Waals surface area (Å²) in [6.45, 7) is 4.54. The quantitative estimate of drug-likeness (QED) is 0.404. The number of rotatable bonds is 7. The molecule has 4 heterocycles. The molecule has 0 saturated carbocycles. The molecule has 176 valence electrons. The van der Waals surface area contributed by atoms with Crippen molar-refractivity contribution in [2.45, 2.75) is 19.9 Å². The predicted molar refractivity (Wildman–Crippen MR) is 130 cm³/mol. The molecule has 3 aromatic heterocycles. The molecule has 4 aromatic rings. The Labute approximate surface area is 196 Å². The van der Waals surface area contributed by atoms with E-state index in [1.807, 2.05) is 29.8 Å². The van der Waals surface area contributed by atoms with Crippen LogP contribution in [0.25, 0.3) is 16.6 Å². The van der Waals surface area contributed by atoms with Crippen molar-refractivity contribution in [3.63, 3.8) is 0 Å². The highest BCUT2D eigenvalue weighted by Gasteiger charge is 2.22. The van der Waals surface area contributed by atoms with Gasteiger partial charge in [0, 0.05) is 63.4 Å². The number of fused-ring (bicyclic) bond motifs is 2. The molecule has 0 atom stereocenters. The van der Waals surface area contributed by atoms with E-state index in [0.29, 0.717) is 54.5 Å². The Balaban J connectivity index is 1.48. The Bertz CT molecular complexity index is 1400. The van der Waals surface area contributed by atoms with Crippen LogP contribution in [0.5, 0.6) is 5.75 Å². The number of pyridine rings is 1. The first kappa shape index (κ1) is 21.9. The highest BCUT2D eigenvalue weighted by molar-refractivity contribution is 5.89. The third-order valence-electron chi connectivity index (χ3n) is 6.03. The summed E-state index contributed by atoms with van der Waals surface area (Å²) in [5.74, 6) is 2.78. The molecule has 0 fully saturated rings. The van der Waals surface area contributed by atoms with Gasteiger partial charge in [-0.3, -0.25) is 9.78 Å². The molecule has 0 unspecified atom stereocenters. The van der Waals surface area contributed by atoms with Crippen LogP contribution in [0, 0.1) is 6.92 Å². The van der Waals surface area contributed by atoms with E-state index in [1.165, 1.54) is 0 Å². The second kappa shape index (κ2) is 9.14. The van der Waals surface area contributed by atoms with E-state index in [4.69, 9.17) is 19.4 Å². The summed E-state index contributed by atoms with van der Waals surface area (Å²) in [4.78, 5) is 32.2. The molecule has 10 nitrogen and oxygen atoms in total. The highest BCUT2D eigenvalue weighted by atomic mass is 16.5. The summed E-state index contributed by atoms with van der Waals surface area (Å²) in [6, 6.07) is 7.67.